The second kappa shape index (κ2) is 11.6. The minimum atomic E-state index is -2.83. The van der Waals surface area contributed by atoms with Gasteiger partial charge in [0.1, 0.15) is 11.6 Å². The van der Waals surface area contributed by atoms with Crippen molar-refractivity contribution in [3.05, 3.63) is 89.3 Å². The van der Waals surface area contributed by atoms with Crippen molar-refractivity contribution in [1.82, 2.24) is 0 Å². The Morgan fingerprint density at radius 3 is 2.41 bits per heavy atom. The van der Waals surface area contributed by atoms with Crippen LogP contribution in [-0.4, -0.2) is 6.61 Å². The number of fused-ring (bicyclic) bond motifs is 1. The topological polar surface area (TPSA) is 9.23 Å². The molecule has 0 amide bonds. The third-order valence-electron chi connectivity index (χ3n) is 7.19. The quantitative estimate of drug-likeness (QED) is 0.286. The van der Waals surface area contributed by atoms with Crippen LogP contribution < -0.4 is 4.74 Å². The summed E-state index contributed by atoms with van der Waals surface area (Å²) in [4.78, 5) is 0. The molecule has 4 rings (SSSR count). The summed E-state index contributed by atoms with van der Waals surface area (Å²) in [6, 6.07) is 16.7. The Labute approximate surface area is 200 Å². The van der Waals surface area contributed by atoms with Crippen LogP contribution in [0.1, 0.15) is 68.1 Å². The van der Waals surface area contributed by atoms with Gasteiger partial charge in [-0.1, -0.05) is 54.6 Å². The lowest BCUT2D eigenvalue weighted by Gasteiger charge is -2.29. The first-order valence-electron chi connectivity index (χ1n) is 12.4. The molecule has 1 nitrogen and oxygen atoms in total. The highest BCUT2D eigenvalue weighted by Gasteiger charge is 2.22. The van der Waals surface area contributed by atoms with Crippen molar-refractivity contribution >= 4 is 10.8 Å². The Morgan fingerprint density at radius 1 is 0.941 bits per heavy atom. The first-order valence-corrected chi connectivity index (χ1v) is 12.4. The predicted molar refractivity (Wildman–Crippen MR) is 133 cm³/mol. The summed E-state index contributed by atoms with van der Waals surface area (Å²) < 4.78 is 44.2. The van der Waals surface area contributed by atoms with Crippen LogP contribution in [0.2, 0.25) is 0 Å². The highest BCUT2D eigenvalue weighted by molar-refractivity contribution is 5.84. The highest BCUT2D eigenvalue weighted by atomic mass is 19.3. The molecule has 1 saturated carbocycles. The van der Waals surface area contributed by atoms with Crippen LogP contribution >= 0.6 is 0 Å². The third kappa shape index (κ3) is 6.22. The Hall–Kier alpha value is -2.75. The molecule has 1 aliphatic carbocycles. The molecular weight excluding hydrogens is 433 g/mol. The fourth-order valence-corrected chi connectivity index (χ4v) is 5.20. The largest absolute Gasteiger partial charge is 0.435 e. The van der Waals surface area contributed by atoms with Gasteiger partial charge in [-0.15, -0.1) is 0 Å². The van der Waals surface area contributed by atoms with Gasteiger partial charge in [0.15, 0.2) is 0 Å². The van der Waals surface area contributed by atoms with Gasteiger partial charge in [0, 0.05) is 5.39 Å². The Bertz CT molecular complexity index is 1100. The number of hydrogen-bond acceptors (Lipinski definition) is 1. The molecule has 0 N–H and O–H groups in total. The third-order valence-corrected chi connectivity index (χ3v) is 7.19. The van der Waals surface area contributed by atoms with Crippen LogP contribution in [0.3, 0.4) is 0 Å². The highest BCUT2D eigenvalue weighted by Crippen LogP contribution is 2.38. The molecule has 0 unspecified atom stereocenters. The van der Waals surface area contributed by atoms with Crippen LogP contribution in [0.25, 0.3) is 10.8 Å². The molecule has 0 radical (unpaired) electrons. The molecule has 1 fully saturated rings. The number of aryl methyl sites for hydroxylation is 2. The maximum atomic E-state index is 15.2. The lowest BCUT2D eigenvalue weighted by atomic mass is 9.77. The zero-order valence-electron chi connectivity index (χ0n) is 19.8. The van der Waals surface area contributed by atoms with Crippen LogP contribution in [0, 0.1) is 11.7 Å². The van der Waals surface area contributed by atoms with Crippen molar-refractivity contribution in [2.75, 3.05) is 0 Å². The van der Waals surface area contributed by atoms with Gasteiger partial charge in [0.25, 0.3) is 0 Å². The predicted octanol–water partition coefficient (Wildman–Crippen LogP) is 9.00. The van der Waals surface area contributed by atoms with Crippen LogP contribution in [0.4, 0.5) is 13.2 Å². The van der Waals surface area contributed by atoms with E-state index in [1.165, 1.54) is 56.2 Å². The van der Waals surface area contributed by atoms with E-state index in [9.17, 15) is 8.78 Å². The van der Waals surface area contributed by atoms with Gasteiger partial charge in [0.2, 0.25) is 0 Å². The SMILES string of the molecule is C/C=C/CCC1CCC(c2ccc3c(F)c(CCc4ccc(OC(F)F)cc4)ccc3c2)CC1. The zero-order chi connectivity index (χ0) is 23.9. The first-order chi connectivity index (χ1) is 16.5. The summed E-state index contributed by atoms with van der Waals surface area (Å²) in [6.07, 6.45) is 13.0. The van der Waals surface area contributed by atoms with Gasteiger partial charge in [-0.3, -0.25) is 0 Å². The summed E-state index contributed by atoms with van der Waals surface area (Å²) >= 11 is 0. The van der Waals surface area contributed by atoms with Gasteiger partial charge in [-0.05, 0) is 104 Å². The number of rotatable bonds is 9. The van der Waals surface area contributed by atoms with E-state index in [2.05, 4.69) is 35.9 Å². The van der Waals surface area contributed by atoms with E-state index in [-0.39, 0.29) is 11.6 Å². The second-order valence-electron chi connectivity index (χ2n) is 9.41. The van der Waals surface area contributed by atoms with Crippen LogP contribution in [-0.2, 0) is 12.8 Å². The number of ether oxygens (including phenoxy) is 1. The van der Waals surface area contributed by atoms with Crippen molar-refractivity contribution in [3.63, 3.8) is 0 Å². The molecule has 3 aromatic rings. The minimum Gasteiger partial charge on any atom is -0.435 e. The van der Waals surface area contributed by atoms with Crippen molar-refractivity contribution in [2.24, 2.45) is 5.92 Å². The second-order valence-corrected chi connectivity index (χ2v) is 9.41. The van der Waals surface area contributed by atoms with E-state index in [0.29, 0.717) is 29.7 Å². The number of allylic oxidation sites excluding steroid dienone is 2. The monoisotopic (exact) mass is 466 g/mol. The molecule has 180 valence electrons. The van der Waals surface area contributed by atoms with Gasteiger partial charge in [0.05, 0.1) is 0 Å². The lowest BCUT2D eigenvalue weighted by Crippen LogP contribution is -2.13. The molecule has 0 bridgehead atoms. The standard InChI is InChI=1S/C30H33F3O/c1-2-3-4-5-21-6-11-23(12-7-21)25-16-19-28-26(20-25)15-14-24(29(28)31)13-8-22-9-17-27(18-10-22)34-30(32)33/h2-3,9-10,14-21,23,30H,4-8,11-13H2,1H3/b3-2+. The molecule has 0 spiro atoms. The molecule has 0 aliphatic heterocycles. The van der Waals surface area contributed by atoms with E-state index in [1.807, 2.05) is 18.2 Å². The fraction of sp³-hybridized carbons (Fsp3) is 0.400. The van der Waals surface area contributed by atoms with E-state index < -0.39 is 6.61 Å². The van der Waals surface area contributed by atoms with Crippen molar-refractivity contribution in [2.45, 2.75) is 70.8 Å². The smallest absolute Gasteiger partial charge is 0.387 e. The van der Waals surface area contributed by atoms with E-state index in [1.54, 1.807) is 12.1 Å². The summed E-state index contributed by atoms with van der Waals surface area (Å²) in [6.45, 7) is -0.751. The average Bonchev–Trinajstić information content (AvgIpc) is 2.85. The minimum absolute atomic E-state index is 0.133. The molecule has 1 aliphatic rings. The first kappa shape index (κ1) is 24.4. The van der Waals surface area contributed by atoms with Gasteiger partial charge < -0.3 is 4.74 Å². The Morgan fingerprint density at radius 2 is 1.71 bits per heavy atom. The Balaban J connectivity index is 1.38. The summed E-state index contributed by atoms with van der Waals surface area (Å²) in [5.41, 5.74) is 2.96. The van der Waals surface area contributed by atoms with E-state index in [4.69, 9.17) is 0 Å². The van der Waals surface area contributed by atoms with Crippen LogP contribution in [0.5, 0.6) is 5.75 Å². The van der Waals surface area contributed by atoms with Crippen molar-refractivity contribution < 1.29 is 17.9 Å². The molecule has 34 heavy (non-hydrogen) atoms. The van der Waals surface area contributed by atoms with Crippen molar-refractivity contribution in [1.29, 1.82) is 0 Å². The van der Waals surface area contributed by atoms with Gasteiger partial charge >= 0.3 is 6.61 Å². The average molecular weight is 467 g/mol. The Kier molecular flexibility index (Phi) is 8.31. The van der Waals surface area contributed by atoms with Gasteiger partial charge in [-0.2, -0.15) is 8.78 Å². The lowest BCUT2D eigenvalue weighted by molar-refractivity contribution is -0.0498. The van der Waals surface area contributed by atoms with Gasteiger partial charge in [-0.25, -0.2) is 4.39 Å². The number of hydrogen-bond donors (Lipinski definition) is 0. The number of benzene rings is 3. The zero-order valence-corrected chi connectivity index (χ0v) is 19.8. The molecule has 0 saturated heterocycles. The van der Waals surface area contributed by atoms with E-state index in [0.717, 1.165) is 16.9 Å². The summed E-state index contributed by atoms with van der Waals surface area (Å²) in [5, 5.41) is 1.63. The maximum Gasteiger partial charge on any atom is 0.387 e. The normalized spacial score (nSPS) is 18.7. The maximum absolute atomic E-state index is 15.2. The molecular formula is C30H33F3O. The fourth-order valence-electron chi connectivity index (χ4n) is 5.20. The van der Waals surface area contributed by atoms with E-state index >= 15 is 4.39 Å². The van der Waals surface area contributed by atoms with Crippen molar-refractivity contribution in [3.8, 4) is 5.75 Å². The molecule has 0 heterocycles. The number of halogens is 3. The number of alkyl halides is 2. The molecule has 3 aromatic carbocycles. The summed E-state index contributed by atoms with van der Waals surface area (Å²) in [7, 11) is 0. The molecule has 0 atom stereocenters. The molecule has 0 aromatic heterocycles. The molecule has 4 heteroatoms. The van der Waals surface area contributed by atoms with Crippen LogP contribution in [0.15, 0.2) is 66.7 Å². The summed E-state index contributed by atoms with van der Waals surface area (Å²) in [5.74, 6) is 1.38.